The van der Waals surface area contributed by atoms with E-state index in [4.69, 9.17) is 16.9 Å². The number of benzene rings is 2. The van der Waals surface area contributed by atoms with Crippen LogP contribution < -0.4 is 5.32 Å². The fourth-order valence-corrected chi connectivity index (χ4v) is 4.19. The summed E-state index contributed by atoms with van der Waals surface area (Å²) in [6.07, 6.45) is 4.56. The van der Waals surface area contributed by atoms with Crippen LogP contribution in [0.3, 0.4) is 0 Å². The van der Waals surface area contributed by atoms with Gasteiger partial charge in [-0.25, -0.2) is 9.97 Å². The standard InChI is InChI=1S/C24H18ClN7O/c25-19-6-1-2-7-21(19)32-22(30-31-23(32)20-8-9-27-14-28-20)17-11-18(12-17)29-24(33)16-5-3-4-15(10-16)13-26/h1-10,14,17-18H,11-12H2,(H,29,33). The molecule has 162 valence electrons. The second kappa shape index (κ2) is 8.81. The van der Waals surface area contributed by atoms with Crippen LogP contribution in [0.1, 0.15) is 40.5 Å². The Hall–Kier alpha value is -4.09. The van der Waals surface area contributed by atoms with Gasteiger partial charge in [0, 0.05) is 23.7 Å². The number of carbonyl (C=O) groups is 1. The van der Waals surface area contributed by atoms with E-state index in [1.165, 1.54) is 6.33 Å². The first-order valence-electron chi connectivity index (χ1n) is 10.4. The molecular formula is C24H18ClN7O. The van der Waals surface area contributed by atoms with Crippen molar-refractivity contribution in [3.8, 4) is 23.3 Å². The lowest BCUT2D eigenvalue weighted by Crippen LogP contribution is -2.44. The molecular weight excluding hydrogens is 438 g/mol. The third-order valence-corrected chi connectivity index (χ3v) is 6.00. The van der Waals surface area contributed by atoms with Gasteiger partial charge in [0.1, 0.15) is 17.8 Å². The summed E-state index contributed by atoms with van der Waals surface area (Å²) in [4.78, 5) is 20.9. The lowest BCUT2D eigenvalue weighted by molar-refractivity contribution is 0.0907. The van der Waals surface area contributed by atoms with E-state index in [9.17, 15) is 4.79 Å². The van der Waals surface area contributed by atoms with Crippen molar-refractivity contribution in [3.05, 3.63) is 89.1 Å². The van der Waals surface area contributed by atoms with Gasteiger partial charge < -0.3 is 5.32 Å². The molecule has 8 nitrogen and oxygen atoms in total. The van der Waals surface area contributed by atoms with Crippen LogP contribution in [0.4, 0.5) is 0 Å². The van der Waals surface area contributed by atoms with Crippen LogP contribution in [0.25, 0.3) is 17.2 Å². The number of nitrogens with one attached hydrogen (secondary N) is 1. The highest BCUT2D eigenvalue weighted by molar-refractivity contribution is 6.32. The maximum Gasteiger partial charge on any atom is 0.251 e. The van der Waals surface area contributed by atoms with Gasteiger partial charge in [-0.3, -0.25) is 9.36 Å². The summed E-state index contributed by atoms with van der Waals surface area (Å²) in [6, 6.07) is 18.0. The van der Waals surface area contributed by atoms with Gasteiger partial charge in [-0.1, -0.05) is 29.8 Å². The molecule has 0 spiro atoms. The number of halogens is 1. The number of nitriles is 1. The van der Waals surface area contributed by atoms with Crippen molar-refractivity contribution >= 4 is 17.5 Å². The highest BCUT2D eigenvalue weighted by atomic mass is 35.5. The van der Waals surface area contributed by atoms with Crippen LogP contribution in [-0.2, 0) is 0 Å². The second-order valence-corrected chi connectivity index (χ2v) is 8.20. The minimum atomic E-state index is -0.190. The quantitative estimate of drug-likeness (QED) is 0.488. The molecule has 1 amide bonds. The number of amides is 1. The SMILES string of the molecule is N#Cc1cccc(C(=O)NC2CC(c3nnc(-c4ccncn4)n3-c3ccccc3Cl)C2)c1. The first kappa shape index (κ1) is 20.8. The highest BCUT2D eigenvalue weighted by Crippen LogP contribution is 2.39. The summed E-state index contributed by atoms with van der Waals surface area (Å²) in [5.74, 6) is 1.26. The Morgan fingerprint density at radius 1 is 1.12 bits per heavy atom. The number of hydrogen-bond acceptors (Lipinski definition) is 6. The molecule has 1 saturated carbocycles. The van der Waals surface area contributed by atoms with E-state index in [0.29, 0.717) is 27.7 Å². The normalized spacial score (nSPS) is 17.1. The molecule has 5 rings (SSSR count). The van der Waals surface area contributed by atoms with Gasteiger partial charge in [0.15, 0.2) is 5.82 Å². The molecule has 0 saturated heterocycles. The van der Waals surface area contributed by atoms with E-state index < -0.39 is 0 Å². The van der Waals surface area contributed by atoms with Gasteiger partial charge in [-0.05, 0) is 49.2 Å². The van der Waals surface area contributed by atoms with E-state index in [1.54, 1.807) is 36.5 Å². The molecule has 2 heterocycles. The molecule has 1 N–H and O–H groups in total. The third kappa shape index (κ3) is 4.06. The second-order valence-electron chi connectivity index (χ2n) is 7.79. The minimum absolute atomic E-state index is 0.00661. The zero-order valence-corrected chi connectivity index (χ0v) is 18.1. The lowest BCUT2D eigenvalue weighted by atomic mass is 9.79. The van der Waals surface area contributed by atoms with E-state index in [2.05, 4.69) is 31.6 Å². The molecule has 1 fully saturated rings. The van der Waals surface area contributed by atoms with Gasteiger partial charge in [-0.2, -0.15) is 5.26 Å². The maximum atomic E-state index is 12.6. The third-order valence-electron chi connectivity index (χ3n) is 5.68. The lowest BCUT2D eigenvalue weighted by Gasteiger charge is -2.35. The molecule has 0 atom stereocenters. The molecule has 0 unspecified atom stereocenters. The summed E-state index contributed by atoms with van der Waals surface area (Å²) in [5, 5.41) is 21.5. The molecule has 2 aromatic heterocycles. The zero-order chi connectivity index (χ0) is 22.8. The Morgan fingerprint density at radius 2 is 1.97 bits per heavy atom. The largest absolute Gasteiger partial charge is 0.349 e. The van der Waals surface area contributed by atoms with Gasteiger partial charge in [-0.15, -0.1) is 10.2 Å². The van der Waals surface area contributed by atoms with Crippen LogP contribution in [0, 0.1) is 11.3 Å². The summed E-state index contributed by atoms with van der Waals surface area (Å²) >= 11 is 6.51. The van der Waals surface area contributed by atoms with E-state index in [0.717, 1.165) is 24.4 Å². The summed E-state index contributed by atoms with van der Waals surface area (Å²) in [6.45, 7) is 0. The Bertz CT molecular complexity index is 1360. The Balaban J connectivity index is 1.39. The molecule has 2 aromatic carbocycles. The minimum Gasteiger partial charge on any atom is -0.349 e. The molecule has 1 aliphatic rings. The number of carbonyl (C=O) groups excluding carboxylic acids is 1. The fourth-order valence-electron chi connectivity index (χ4n) is 3.97. The van der Waals surface area contributed by atoms with Crippen molar-refractivity contribution in [2.24, 2.45) is 0 Å². The van der Waals surface area contributed by atoms with E-state index in [-0.39, 0.29) is 17.9 Å². The first-order chi connectivity index (χ1) is 16.1. The number of hydrogen-bond donors (Lipinski definition) is 1. The molecule has 0 radical (unpaired) electrons. The van der Waals surface area contributed by atoms with Crippen molar-refractivity contribution < 1.29 is 4.79 Å². The Kier molecular flexibility index (Phi) is 5.55. The monoisotopic (exact) mass is 455 g/mol. The number of para-hydroxylation sites is 1. The van der Waals surface area contributed by atoms with Gasteiger partial charge in [0.25, 0.3) is 5.91 Å². The average molecular weight is 456 g/mol. The van der Waals surface area contributed by atoms with Crippen LogP contribution in [0.5, 0.6) is 0 Å². The van der Waals surface area contributed by atoms with Crippen molar-refractivity contribution in [1.82, 2.24) is 30.0 Å². The molecule has 1 aliphatic carbocycles. The van der Waals surface area contributed by atoms with Crippen molar-refractivity contribution in [3.63, 3.8) is 0 Å². The average Bonchev–Trinajstić information content (AvgIpc) is 3.26. The predicted octanol–water partition coefficient (Wildman–Crippen LogP) is 3.93. The van der Waals surface area contributed by atoms with Crippen molar-refractivity contribution in [2.75, 3.05) is 0 Å². The summed E-state index contributed by atoms with van der Waals surface area (Å²) in [7, 11) is 0. The summed E-state index contributed by atoms with van der Waals surface area (Å²) < 4.78 is 1.93. The topological polar surface area (TPSA) is 109 Å². The smallest absolute Gasteiger partial charge is 0.251 e. The van der Waals surface area contributed by atoms with Crippen molar-refractivity contribution in [2.45, 2.75) is 24.8 Å². The first-order valence-corrected chi connectivity index (χ1v) is 10.8. The molecule has 33 heavy (non-hydrogen) atoms. The van der Waals surface area contributed by atoms with Crippen LogP contribution >= 0.6 is 11.6 Å². The molecule has 9 heteroatoms. The summed E-state index contributed by atoms with van der Waals surface area (Å²) in [5.41, 5.74) is 2.35. The van der Waals surface area contributed by atoms with Gasteiger partial charge >= 0.3 is 0 Å². The number of nitrogens with zero attached hydrogens (tertiary/aromatic N) is 6. The van der Waals surface area contributed by atoms with Crippen LogP contribution in [-0.4, -0.2) is 36.7 Å². The molecule has 0 bridgehead atoms. The van der Waals surface area contributed by atoms with Gasteiger partial charge in [0.2, 0.25) is 0 Å². The Morgan fingerprint density at radius 3 is 2.73 bits per heavy atom. The Labute approximate surface area is 194 Å². The fraction of sp³-hybridized carbons (Fsp3) is 0.167. The number of rotatable bonds is 5. The number of aromatic nitrogens is 5. The molecule has 4 aromatic rings. The van der Waals surface area contributed by atoms with E-state index >= 15 is 0 Å². The van der Waals surface area contributed by atoms with E-state index in [1.807, 2.05) is 28.8 Å². The van der Waals surface area contributed by atoms with Crippen LogP contribution in [0.2, 0.25) is 5.02 Å². The van der Waals surface area contributed by atoms with Gasteiger partial charge in [0.05, 0.1) is 22.3 Å². The van der Waals surface area contributed by atoms with Crippen LogP contribution in [0.15, 0.2) is 67.1 Å². The predicted molar refractivity (Wildman–Crippen MR) is 122 cm³/mol. The highest BCUT2D eigenvalue weighted by Gasteiger charge is 2.36. The molecule has 0 aliphatic heterocycles. The van der Waals surface area contributed by atoms with Crippen molar-refractivity contribution in [1.29, 1.82) is 5.26 Å². The zero-order valence-electron chi connectivity index (χ0n) is 17.4. The maximum absolute atomic E-state index is 12.6.